The van der Waals surface area contributed by atoms with Crippen molar-refractivity contribution in [1.29, 1.82) is 0 Å². The van der Waals surface area contributed by atoms with Gasteiger partial charge in [-0.2, -0.15) is 0 Å². The molecule has 0 saturated heterocycles. The number of benzene rings is 8. The van der Waals surface area contributed by atoms with Gasteiger partial charge in [-0.1, -0.05) is 149 Å². The fourth-order valence-electron chi connectivity index (χ4n) is 9.95. The molecule has 0 saturated carbocycles. The minimum atomic E-state index is -0.110. The van der Waals surface area contributed by atoms with Gasteiger partial charge in [-0.15, -0.1) is 0 Å². The van der Waals surface area contributed by atoms with Gasteiger partial charge < -0.3 is 9.47 Å². The highest BCUT2D eigenvalue weighted by molar-refractivity contribution is 6.11. The molecule has 2 aliphatic rings. The number of hydrogen-bond donors (Lipinski definition) is 0. The lowest BCUT2D eigenvalue weighted by Gasteiger charge is -2.30. The van der Waals surface area contributed by atoms with Crippen LogP contribution in [0.2, 0.25) is 0 Å². The normalized spacial score (nSPS) is 14.6. The molecule has 8 aromatic carbocycles. The fourth-order valence-corrected chi connectivity index (χ4v) is 9.95. The molecule has 2 nitrogen and oxygen atoms in total. The van der Waals surface area contributed by atoms with Gasteiger partial charge in [0.25, 0.3) is 0 Å². The molecule has 54 heavy (non-hydrogen) atoms. The Morgan fingerprint density at radius 1 is 0.407 bits per heavy atom. The summed E-state index contributed by atoms with van der Waals surface area (Å²) in [4.78, 5) is 2.52. The third-order valence-electron chi connectivity index (χ3n) is 12.6. The largest absolute Gasteiger partial charge is 0.310 e. The molecule has 0 amide bonds. The second-order valence-corrected chi connectivity index (χ2v) is 16.2. The monoisotopic (exact) mass is 692 g/mol. The molecule has 0 N–H and O–H groups in total. The lowest BCUT2D eigenvalue weighted by Crippen LogP contribution is -2.17. The molecule has 0 spiro atoms. The van der Waals surface area contributed by atoms with E-state index in [9.17, 15) is 0 Å². The number of nitrogens with zero attached hydrogens (tertiary/aromatic N) is 2. The Labute approximate surface area is 316 Å². The van der Waals surface area contributed by atoms with Gasteiger partial charge in [0, 0.05) is 43.9 Å². The van der Waals surface area contributed by atoms with Crippen LogP contribution in [0.15, 0.2) is 170 Å². The van der Waals surface area contributed by atoms with Crippen LogP contribution in [-0.2, 0) is 10.8 Å². The standard InChI is InChI=1S/C52H40N2/c1-51(2)43-21-10-6-19-41(43)50-44(51)22-14-26-49(50)53(35-28-30-38-37-16-5-9-20-42(37)52(3,4)45(38)32-35)34-27-29-36-33(31-34)15-13-25-46(36)54-47-23-11-7-17-39(47)40-18-8-12-24-48(40)54/h5-32H,1-4H3. The zero-order chi connectivity index (χ0) is 36.3. The quantitative estimate of drug-likeness (QED) is 0.178. The lowest BCUT2D eigenvalue weighted by atomic mass is 9.82. The van der Waals surface area contributed by atoms with Gasteiger partial charge in [0.15, 0.2) is 0 Å². The van der Waals surface area contributed by atoms with Gasteiger partial charge in [0.2, 0.25) is 0 Å². The average Bonchev–Trinajstić information content (AvgIpc) is 3.75. The first-order valence-electron chi connectivity index (χ1n) is 19.1. The van der Waals surface area contributed by atoms with E-state index in [1.165, 1.54) is 94.1 Å². The van der Waals surface area contributed by atoms with E-state index in [4.69, 9.17) is 0 Å². The molecular weight excluding hydrogens is 653 g/mol. The molecule has 2 aliphatic carbocycles. The summed E-state index contributed by atoms with van der Waals surface area (Å²) in [5.41, 5.74) is 17.8. The van der Waals surface area contributed by atoms with Gasteiger partial charge in [-0.3, -0.25) is 0 Å². The maximum absolute atomic E-state index is 2.52. The minimum Gasteiger partial charge on any atom is -0.310 e. The van der Waals surface area contributed by atoms with E-state index in [2.05, 4.69) is 207 Å². The van der Waals surface area contributed by atoms with Crippen LogP contribution in [0.1, 0.15) is 49.9 Å². The van der Waals surface area contributed by atoms with Crippen molar-refractivity contribution in [3.8, 4) is 27.9 Å². The van der Waals surface area contributed by atoms with E-state index in [1.54, 1.807) is 0 Å². The molecule has 0 atom stereocenters. The number of aromatic nitrogens is 1. The maximum atomic E-state index is 2.52. The Hall–Kier alpha value is -6.38. The molecule has 0 radical (unpaired) electrons. The summed E-state index contributed by atoms with van der Waals surface area (Å²) in [6.07, 6.45) is 0. The Balaban J connectivity index is 1.16. The van der Waals surface area contributed by atoms with Crippen LogP contribution in [0.25, 0.3) is 60.5 Å². The molecule has 0 fully saturated rings. The molecule has 1 heterocycles. The topological polar surface area (TPSA) is 8.17 Å². The van der Waals surface area contributed by atoms with Crippen molar-refractivity contribution in [1.82, 2.24) is 4.57 Å². The summed E-state index contributed by atoms with van der Waals surface area (Å²) in [5, 5.41) is 4.98. The van der Waals surface area contributed by atoms with Crippen molar-refractivity contribution in [2.45, 2.75) is 38.5 Å². The van der Waals surface area contributed by atoms with Crippen molar-refractivity contribution < 1.29 is 0 Å². The van der Waals surface area contributed by atoms with Gasteiger partial charge >= 0.3 is 0 Å². The van der Waals surface area contributed by atoms with E-state index < -0.39 is 0 Å². The van der Waals surface area contributed by atoms with Crippen molar-refractivity contribution >= 4 is 49.6 Å². The third kappa shape index (κ3) is 4.17. The predicted molar refractivity (Wildman–Crippen MR) is 228 cm³/mol. The first kappa shape index (κ1) is 31.2. The molecule has 2 heteroatoms. The Bertz CT molecular complexity index is 2960. The molecule has 258 valence electrons. The van der Waals surface area contributed by atoms with E-state index in [1.807, 2.05) is 0 Å². The number of para-hydroxylation sites is 2. The smallest absolute Gasteiger partial charge is 0.0543 e. The number of hydrogen-bond acceptors (Lipinski definition) is 1. The molecule has 0 unspecified atom stereocenters. The second-order valence-electron chi connectivity index (χ2n) is 16.2. The van der Waals surface area contributed by atoms with Crippen LogP contribution in [-0.4, -0.2) is 4.57 Å². The zero-order valence-electron chi connectivity index (χ0n) is 31.1. The fraction of sp³-hybridized carbons (Fsp3) is 0.115. The van der Waals surface area contributed by atoms with Crippen LogP contribution in [0.3, 0.4) is 0 Å². The summed E-state index contributed by atoms with van der Waals surface area (Å²) < 4.78 is 2.44. The van der Waals surface area contributed by atoms with Gasteiger partial charge in [0.05, 0.1) is 22.4 Å². The number of fused-ring (bicyclic) bond motifs is 10. The molecule has 0 aliphatic heterocycles. The molecular formula is C52H40N2. The average molecular weight is 693 g/mol. The first-order chi connectivity index (χ1) is 26.3. The lowest BCUT2D eigenvalue weighted by molar-refractivity contribution is 0.660. The van der Waals surface area contributed by atoms with Gasteiger partial charge in [0.1, 0.15) is 0 Å². The first-order valence-corrected chi connectivity index (χ1v) is 19.1. The molecule has 1 aromatic heterocycles. The third-order valence-corrected chi connectivity index (χ3v) is 12.6. The summed E-state index contributed by atoms with van der Waals surface area (Å²) >= 11 is 0. The van der Waals surface area contributed by atoms with Gasteiger partial charge in [-0.05, 0) is 92.9 Å². The maximum Gasteiger partial charge on any atom is 0.0543 e. The SMILES string of the molecule is CC1(C)c2ccccc2-c2ccc(N(c3ccc4c(-n5c6ccccc6c6ccccc65)cccc4c3)c3cccc4c3-c3ccccc3C4(C)C)cc21. The second kappa shape index (κ2) is 11.1. The summed E-state index contributed by atoms with van der Waals surface area (Å²) in [5.74, 6) is 0. The van der Waals surface area contributed by atoms with Crippen molar-refractivity contribution in [3.63, 3.8) is 0 Å². The Morgan fingerprint density at radius 2 is 0.963 bits per heavy atom. The van der Waals surface area contributed by atoms with Crippen LogP contribution in [0, 0.1) is 0 Å². The number of rotatable bonds is 4. The van der Waals surface area contributed by atoms with Crippen molar-refractivity contribution in [2.75, 3.05) is 4.90 Å². The number of anilines is 3. The minimum absolute atomic E-state index is 0.101. The summed E-state index contributed by atoms with van der Waals surface area (Å²) in [7, 11) is 0. The van der Waals surface area contributed by atoms with Crippen LogP contribution in [0.5, 0.6) is 0 Å². The highest BCUT2D eigenvalue weighted by Gasteiger charge is 2.39. The summed E-state index contributed by atoms with van der Waals surface area (Å²) in [6, 6.07) is 63.3. The van der Waals surface area contributed by atoms with Crippen molar-refractivity contribution in [3.05, 3.63) is 192 Å². The summed E-state index contributed by atoms with van der Waals surface area (Å²) in [6.45, 7) is 9.48. The van der Waals surface area contributed by atoms with Crippen LogP contribution >= 0.6 is 0 Å². The van der Waals surface area contributed by atoms with Gasteiger partial charge in [-0.25, -0.2) is 0 Å². The van der Waals surface area contributed by atoms with Crippen molar-refractivity contribution in [2.24, 2.45) is 0 Å². The van der Waals surface area contributed by atoms with E-state index in [0.717, 1.165) is 5.69 Å². The van der Waals surface area contributed by atoms with E-state index >= 15 is 0 Å². The Kier molecular flexibility index (Phi) is 6.39. The van der Waals surface area contributed by atoms with E-state index in [-0.39, 0.29) is 10.8 Å². The zero-order valence-corrected chi connectivity index (χ0v) is 31.1. The Morgan fingerprint density at radius 3 is 1.72 bits per heavy atom. The van der Waals surface area contributed by atoms with Crippen LogP contribution < -0.4 is 4.90 Å². The predicted octanol–water partition coefficient (Wildman–Crippen LogP) is 14.0. The molecule has 0 bridgehead atoms. The van der Waals surface area contributed by atoms with Crippen LogP contribution in [0.4, 0.5) is 17.1 Å². The van der Waals surface area contributed by atoms with E-state index in [0.29, 0.717) is 0 Å². The molecule has 9 aromatic rings. The molecule has 11 rings (SSSR count). The highest BCUT2D eigenvalue weighted by Crippen LogP contribution is 2.56. The highest BCUT2D eigenvalue weighted by atomic mass is 15.1.